The number of nitrogens with zero attached hydrogens (tertiary/aromatic N) is 2. The summed E-state index contributed by atoms with van der Waals surface area (Å²) in [7, 11) is -3.82. The normalized spacial score (nSPS) is 11.4. The van der Waals surface area contributed by atoms with Crippen molar-refractivity contribution in [3.8, 4) is 0 Å². The van der Waals surface area contributed by atoms with Crippen molar-refractivity contribution in [2.45, 2.75) is 25.7 Å². The Hall–Kier alpha value is -1.86. The first-order valence-corrected chi connectivity index (χ1v) is 7.96. The van der Waals surface area contributed by atoms with E-state index in [1.165, 1.54) is 12.3 Å². The Balaban J connectivity index is 2.55. The third-order valence-electron chi connectivity index (χ3n) is 3.21. The topological polar surface area (TPSA) is 98.0 Å². The zero-order chi connectivity index (χ0) is 15.8. The highest BCUT2D eigenvalue weighted by molar-refractivity contribution is 7.92. The molecule has 0 unspecified atom stereocenters. The summed E-state index contributed by atoms with van der Waals surface area (Å²) in [6.07, 6.45) is 1.37. The predicted molar refractivity (Wildman–Crippen MR) is 82.9 cm³/mol. The minimum absolute atomic E-state index is 0.0348. The molecule has 8 heteroatoms. The predicted octanol–water partition coefficient (Wildman–Crippen LogP) is 2.44. The van der Waals surface area contributed by atoms with Gasteiger partial charge in [-0.3, -0.25) is 4.72 Å². The van der Waals surface area contributed by atoms with Crippen molar-refractivity contribution >= 4 is 33.1 Å². The quantitative estimate of drug-likeness (QED) is 0.666. The summed E-state index contributed by atoms with van der Waals surface area (Å²) in [5.41, 5.74) is 8.25. The number of sulfonamides is 1. The molecule has 0 aliphatic rings. The average Bonchev–Trinajstić information content (AvgIpc) is 2.35. The number of nitrogen functional groups attached to an aromatic ring is 1. The van der Waals surface area contributed by atoms with E-state index in [9.17, 15) is 8.42 Å². The van der Waals surface area contributed by atoms with Crippen molar-refractivity contribution in [1.82, 2.24) is 9.97 Å². The lowest BCUT2D eigenvalue weighted by molar-refractivity contribution is 0.599. The van der Waals surface area contributed by atoms with E-state index in [1.807, 2.05) is 6.92 Å². The van der Waals surface area contributed by atoms with E-state index in [-0.39, 0.29) is 16.0 Å². The molecule has 0 saturated heterocycles. The molecule has 2 aromatic rings. The molecule has 0 atom stereocenters. The third kappa shape index (κ3) is 3.08. The fourth-order valence-electron chi connectivity index (χ4n) is 2.02. The maximum Gasteiger partial charge on any atom is 0.263 e. The van der Waals surface area contributed by atoms with Gasteiger partial charge in [0, 0.05) is 11.9 Å². The van der Waals surface area contributed by atoms with Gasteiger partial charge in [-0.2, -0.15) is 4.98 Å². The SMILES string of the molecule is Cc1cc(N)c(C)c(S(=O)(=O)Nc2ccnc(Cl)n2)c1C. The number of aromatic nitrogens is 2. The van der Waals surface area contributed by atoms with Crippen LogP contribution < -0.4 is 10.5 Å². The largest absolute Gasteiger partial charge is 0.398 e. The molecule has 3 N–H and O–H groups in total. The maximum absolute atomic E-state index is 12.6. The molecule has 1 heterocycles. The van der Waals surface area contributed by atoms with Crippen molar-refractivity contribution < 1.29 is 8.42 Å². The second-order valence-corrected chi connectivity index (χ2v) is 6.64. The molecule has 1 aromatic carbocycles. The van der Waals surface area contributed by atoms with Crippen LogP contribution in [0.1, 0.15) is 16.7 Å². The van der Waals surface area contributed by atoms with Gasteiger partial charge in [-0.15, -0.1) is 0 Å². The van der Waals surface area contributed by atoms with Crippen LogP contribution in [0.25, 0.3) is 0 Å². The van der Waals surface area contributed by atoms with Crippen LogP contribution in [0.15, 0.2) is 23.2 Å². The Kier molecular flexibility index (Phi) is 4.06. The van der Waals surface area contributed by atoms with Gasteiger partial charge in [0.1, 0.15) is 5.82 Å². The van der Waals surface area contributed by atoms with Gasteiger partial charge in [0.25, 0.3) is 10.0 Å². The van der Waals surface area contributed by atoms with Gasteiger partial charge in [-0.05, 0) is 61.2 Å². The maximum atomic E-state index is 12.6. The Morgan fingerprint density at radius 2 is 1.90 bits per heavy atom. The second kappa shape index (κ2) is 5.50. The molecular weight excluding hydrogens is 312 g/mol. The Bertz CT molecular complexity index is 780. The molecule has 2 rings (SSSR count). The third-order valence-corrected chi connectivity index (χ3v) is 5.02. The average molecular weight is 327 g/mol. The van der Waals surface area contributed by atoms with Gasteiger partial charge < -0.3 is 5.73 Å². The zero-order valence-electron chi connectivity index (χ0n) is 11.8. The Labute approximate surface area is 128 Å². The van der Waals surface area contributed by atoms with E-state index >= 15 is 0 Å². The summed E-state index contributed by atoms with van der Waals surface area (Å²) in [6.45, 7) is 5.22. The summed E-state index contributed by atoms with van der Waals surface area (Å²) in [5, 5.41) is -0.0348. The van der Waals surface area contributed by atoms with Gasteiger partial charge in [0.2, 0.25) is 5.28 Å². The number of benzene rings is 1. The molecule has 0 aliphatic heterocycles. The molecule has 0 spiro atoms. The van der Waals surface area contributed by atoms with Crippen molar-refractivity contribution in [3.05, 3.63) is 40.3 Å². The number of nitrogens with two attached hydrogens (primary N) is 1. The van der Waals surface area contributed by atoms with Crippen LogP contribution in [0, 0.1) is 20.8 Å². The van der Waals surface area contributed by atoms with Gasteiger partial charge in [0.15, 0.2) is 0 Å². The number of halogens is 1. The Morgan fingerprint density at radius 1 is 1.24 bits per heavy atom. The Morgan fingerprint density at radius 3 is 2.52 bits per heavy atom. The van der Waals surface area contributed by atoms with Crippen LogP contribution in [-0.2, 0) is 10.0 Å². The van der Waals surface area contributed by atoms with Crippen molar-refractivity contribution in [2.75, 3.05) is 10.5 Å². The van der Waals surface area contributed by atoms with Gasteiger partial charge in [-0.1, -0.05) is 0 Å². The summed E-state index contributed by atoms with van der Waals surface area (Å²) >= 11 is 5.66. The van der Waals surface area contributed by atoms with E-state index in [4.69, 9.17) is 17.3 Å². The molecule has 0 aliphatic carbocycles. The van der Waals surface area contributed by atoms with E-state index in [2.05, 4.69) is 14.7 Å². The monoisotopic (exact) mass is 326 g/mol. The van der Waals surface area contributed by atoms with Crippen molar-refractivity contribution in [3.63, 3.8) is 0 Å². The highest BCUT2D eigenvalue weighted by Crippen LogP contribution is 2.29. The fourth-order valence-corrected chi connectivity index (χ4v) is 3.75. The number of hydrogen-bond donors (Lipinski definition) is 2. The van der Waals surface area contributed by atoms with E-state index in [0.717, 1.165) is 5.56 Å². The van der Waals surface area contributed by atoms with Crippen LogP contribution in [-0.4, -0.2) is 18.4 Å². The first-order valence-electron chi connectivity index (χ1n) is 6.10. The first kappa shape index (κ1) is 15.5. The highest BCUT2D eigenvalue weighted by Gasteiger charge is 2.23. The second-order valence-electron chi connectivity index (χ2n) is 4.68. The van der Waals surface area contributed by atoms with Gasteiger partial charge in [-0.25, -0.2) is 13.4 Å². The summed E-state index contributed by atoms with van der Waals surface area (Å²) in [6, 6.07) is 3.18. The lowest BCUT2D eigenvalue weighted by Crippen LogP contribution is -2.18. The molecule has 6 nitrogen and oxygen atoms in total. The molecular formula is C13H15ClN4O2S. The lowest BCUT2D eigenvalue weighted by Gasteiger charge is -2.16. The molecule has 0 saturated carbocycles. The van der Waals surface area contributed by atoms with Crippen LogP contribution in [0.2, 0.25) is 5.28 Å². The van der Waals surface area contributed by atoms with E-state index < -0.39 is 10.0 Å². The molecule has 112 valence electrons. The molecule has 0 radical (unpaired) electrons. The standard InChI is InChI=1S/C13H15ClN4O2S/c1-7-6-10(15)9(3)12(8(7)2)21(19,20)18-11-4-5-16-13(14)17-11/h4-6H,15H2,1-3H3,(H,16,17,18). The van der Waals surface area contributed by atoms with Crippen LogP contribution in [0.4, 0.5) is 11.5 Å². The summed E-state index contributed by atoms with van der Waals surface area (Å²) < 4.78 is 27.6. The minimum atomic E-state index is -3.82. The molecule has 0 bridgehead atoms. The fraction of sp³-hybridized carbons (Fsp3) is 0.231. The smallest absolute Gasteiger partial charge is 0.263 e. The first-order chi connectivity index (χ1) is 9.72. The van der Waals surface area contributed by atoms with E-state index in [1.54, 1.807) is 19.9 Å². The van der Waals surface area contributed by atoms with Crippen LogP contribution in [0.3, 0.4) is 0 Å². The zero-order valence-corrected chi connectivity index (χ0v) is 13.4. The lowest BCUT2D eigenvalue weighted by atomic mass is 10.1. The van der Waals surface area contributed by atoms with Gasteiger partial charge >= 0.3 is 0 Å². The number of rotatable bonds is 3. The molecule has 21 heavy (non-hydrogen) atoms. The minimum Gasteiger partial charge on any atom is -0.398 e. The number of anilines is 2. The summed E-state index contributed by atoms with van der Waals surface area (Å²) in [5.74, 6) is 0.105. The number of nitrogens with one attached hydrogen (secondary N) is 1. The van der Waals surface area contributed by atoms with Crippen LogP contribution in [0.5, 0.6) is 0 Å². The number of hydrogen-bond acceptors (Lipinski definition) is 5. The van der Waals surface area contributed by atoms with Crippen LogP contribution >= 0.6 is 11.6 Å². The van der Waals surface area contributed by atoms with Crippen molar-refractivity contribution in [1.29, 1.82) is 0 Å². The summed E-state index contributed by atoms with van der Waals surface area (Å²) in [4.78, 5) is 7.69. The van der Waals surface area contributed by atoms with E-state index in [0.29, 0.717) is 16.8 Å². The van der Waals surface area contributed by atoms with Gasteiger partial charge in [0.05, 0.1) is 4.90 Å². The van der Waals surface area contributed by atoms with Crippen molar-refractivity contribution in [2.24, 2.45) is 0 Å². The molecule has 1 aromatic heterocycles. The number of aryl methyl sites for hydroxylation is 1. The highest BCUT2D eigenvalue weighted by atomic mass is 35.5. The molecule has 0 fully saturated rings. The molecule has 0 amide bonds.